The highest BCUT2D eigenvalue weighted by Gasteiger charge is 2.41. The van der Waals surface area contributed by atoms with Crippen molar-refractivity contribution in [3.63, 3.8) is 0 Å². The first kappa shape index (κ1) is 25.2. The van der Waals surface area contributed by atoms with Crippen LogP contribution >= 0.6 is 0 Å². The summed E-state index contributed by atoms with van der Waals surface area (Å²) < 4.78 is 7.25. The zero-order chi connectivity index (χ0) is 26.6. The Morgan fingerprint density at radius 2 is 1.89 bits per heavy atom. The Morgan fingerprint density at radius 3 is 2.66 bits per heavy atom. The average Bonchev–Trinajstić information content (AvgIpc) is 3.68. The number of pyridine rings is 1. The van der Waals surface area contributed by atoms with Crippen LogP contribution in [-0.2, 0) is 24.3 Å². The molecule has 4 aromatic rings. The van der Waals surface area contributed by atoms with Crippen molar-refractivity contribution in [2.75, 3.05) is 6.54 Å². The zero-order valence-corrected chi connectivity index (χ0v) is 21.4. The number of hydrogen-bond donors (Lipinski definition) is 2. The van der Waals surface area contributed by atoms with E-state index in [1.54, 1.807) is 29.1 Å². The van der Waals surface area contributed by atoms with Crippen LogP contribution in [0.4, 0.5) is 0 Å². The fourth-order valence-electron chi connectivity index (χ4n) is 4.84. The number of rotatable bonds is 8. The first-order valence-electron chi connectivity index (χ1n) is 12.8. The number of furan rings is 1. The highest BCUT2D eigenvalue weighted by atomic mass is 16.3. The Bertz CT molecular complexity index is 1460. The van der Waals surface area contributed by atoms with Gasteiger partial charge in [-0.25, -0.2) is 0 Å². The summed E-state index contributed by atoms with van der Waals surface area (Å²) in [5, 5.41) is 11.1. The summed E-state index contributed by atoms with van der Waals surface area (Å²) in [7, 11) is 0. The standard InChI is InChI=1S/C28H30N6O4/c1-3-18-13-24(34(4-2)32-18)27(36)31-20-14-23(26(35)30-15-19-9-7-8-12-29-19)33(16-20)28(37)22-17-38-25-11-6-5-10-21(22)25/h5-13,17,20,23H,3-4,14-16H2,1-2H3,(H,30,35)(H,31,36)/t20-,23+/m1/s1. The third-order valence-electron chi connectivity index (χ3n) is 6.81. The molecule has 1 aliphatic heterocycles. The van der Waals surface area contributed by atoms with E-state index in [1.165, 1.54) is 11.2 Å². The number of hydrogen-bond acceptors (Lipinski definition) is 6. The van der Waals surface area contributed by atoms with Gasteiger partial charge in [0.1, 0.15) is 23.6 Å². The Hall–Kier alpha value is -4.47. The Morgan fingerprint density at radius 1 is 1.08 bits per heavy atom. The van der Waals surface area contributed by atoms with Crippen LogP contribution in [0.3, 0.4) is 0 Å². The lowest BCUT2D eigenvalue weighted by Crippen LogP contribution is -2.45. The van der Waals surface area contributed by atoms with Crippen molar-refractivity contribution in [1.82, 2.24) is 30.3 Å². The average molecular weight is 515 g/mol. The molecule has 10 nitrogen and oxygen atoms in total. The fourth-order valence-corrected chi connectivity index (χ4v) is 4.84. The van der Waals surface area contributed by atoms with Gasteiger partial charge in [0, 0.05) is 30.7 Å². The van der Waals surface area contributed by atoms with Gasteiger partial charge in [0.2, 0.25) is 5.91 Å². The molecule has 5 rings (SSSR count). The molecule has 0 aliphatic carbocycles. The van der Waals surface area contributed by atoms with Gasteiger partial charge in [-0.3, -0.25) is 24.0 Å². The molecule has 0 unspecified atom stereocenters. The third-order valence-corrected chi connectivity index (χ3v) is 6.81. The second kappa shape index (κ2) is 10.9. The van der Waals surface area contributed by atoms with E-state index in [1.807, 2.05) is 44.2 Å². The highest BCUT2D eigenvalue weighted by molar-refractivity contribution is 6.07. The lowest BCUT2D eigenvalue weighted by molar-refractivity contribution is -0.125. The van der Waals surface area contributed by atoms with E-state index in [0.717, 1.165) is 12.1 Å². The molecule has 38 heavy (non-hydrogen) atoms. The quantitative estimate of drug-likeness (QED) is 0.373. The number of aryl methyl sites for hydroxylation is 2. The molecule has 2 N–H and O–H groups in total. The highest BCUT2D eigenvalue weighted by Crippen LogP contribution is 2.27. The maximum atomic E-state index is 13.7. The van der Waals surface area contributed by atoms with E-state index in [4.69, 9.17) is 4.42 Å². The minimum Gasteiger partial charge on any atom is -0.463 e. The molecule has 1 fully saturated rings. The van der Waals surface area contributed by atoms with E-state index in [9.17, 15) is 14.4 Å². The number of likely N-dealkylation sites (tertiary alicyclic amines) is 1. The number of nitrogens with zero attached hydrogens (tertiary/aromatic N) is 4. The number of carbonyl (C=O) groups excluding carboxylic acids is 3. The fraction of sp³-hybridized carbons (Fsp3) is 0.321. The Labute approximate surface area is 220 Å². The van der Waals surface area contributed by atoms with Gasteiger partial charge in [0.05, 0.1) is 23.5 Å². The second-order valence-corrected chi connectivity index (χ2v) is 9.25. The topological polar surface area (TPSA) is 122 Å². The molecular weight excluding hydrogens is 484 g/mol. The molecule has 0 radical (unpaired) electrons. The number of para-hydroxylation sites is 1. The van der Waals surface area contributed by atoms with Gasteiger partial charge < -0.3 is 20.0 Å². The normalized spacial score (nSPS) is 17.1. The number of amides is 3. The number of carbonyl (C=O) groups is 3. The van der Waals surface area contributed by atoms with Crippen LogP contribution in [0.25, 0.3) is 11.0 Å². The minimum absolute atomic E-state index is 0.187. The smallest absolute Gasteiger partial charge is 0.269 e. The monoisotopic (exact) mass is 514 g/mol. The van der Waals surface area contributed by atoms with Crippen molar-refractivity contribution < 1.29 is 18.8 Å². The van der Waals surface area contributed by atoms with Crippen LogP contribution in [0.15, 0.2) is 65.4 Å². The number of benzene rings is 1. The van der Waals surface area contributed by atoms with E-state index >= 15 is 0 Å². The number of fused-ring (bicyclic) bond motifs is 1. The molecule has 10 heteroatoms. The Kier molecular flexibility index (Phi) is 7.21. The lowest BCUT2D eigenvalue weighted by atomic mass is 10.1. The van der Waals surface area contributed by atoms with Gasteiger partial charge in [0.15, 0.2) is 0 Å². The van der Waals surface area contributed by atoms with Crippen LogP contribution in [0, 0.1) is 0 Å². The first-order valence-corrected chi connectivity index (χ1v) is 12.8. The summed E-state index contributed by atoms with van der Waals surface area (Å²) >= 11 is 0. The minimum atomic E-state index is -0.771. The molecule has 0 spiro atoms. The number of aromatic nitrogens is 3. The molecule has 196 valence electrons. The van der Waals surface area contributed by atoms with Gasteiger partial charge >= 0.3 is 0 Å². The van der Waals surface area contributed by atoms with Crippen molar-refractivity contribution in [1.29, 1.82) is 0 Å². The molecule has 1 saturated heterocycles. The molecule has 4 heterocycles. The van der Waals surface area contributed by atoms with E-state index in [-0.39, 0.29) is 37.2 Å². The number of nitrogens with one attached hydrogen (secondary N) is 2. The van der Waals surface area contributed by atoms with Crippen molar-refractivity contribution in [3.8, 4) is 0 Å². The molecule has 0 saturated carbocycles. The molecular formula is C28H30N6O4. The summed E-state index contributed by atoms with van der Waals surface area (Å²) in [4.78, 5) is 46.0. The van der Waals surface area contributed by atoms with Crippen molar-refractivity contribution >= 4 is 28.7 Å². The predicted octanol–water partition coefficient (Wildman–Crippen LogP) is 2.94. The molecule has 1 aliphatic rings. The van der Waals surface area contributed by atoms with E-state index in [2.05, 4.69) is 20.7 Å². The van der Waals surface area contributed by atoms with Gasteiger partial charge in [-0.05, 0) is 44.0 Å². The first-order chi connectivity index (χ1) is 18.5. The zero-order valence-electron chi connectivity index (χ0n) is 21.4. The maximum Gasteiger partial charge on any atom is 0.269 e. The lowest BCUT2D eigenvalue weighted by Gasteiger charge is -2.23. The SMILES string of the molecule is CCc1cc(C(=O)N[C@@H]2C[C@@H](C(=O)NCc3ccccn3)N(C(=O)c3coc4ccccc34)C2)n(CC)n1. The van der Waals surface area contributed by atoms with Crippen LogP contribution < -0.4 is 10.6 Å². The Balaban J connectivity index is 1.37. The van der Waals surface area contributed by atoms with Gasteiger partial charge in [0.25, 0.3) is 11.8 Å². The van der Waals surface area contributed by atoms with Gasteiger partial charge in [-0.15, -0.1) is 0 Å². The molecule has 1 aromatic carbocycles. The van der Waals surface area contributed by atoms with Crippen LogP contribution in [0.1, 0.15) is 52.5 Å². The van der Waals surface area contributed by atoms with Crippen LogP contribution in [0.2, 0.25) is 0 Å². The summed E-state index contributed by atoms with van der Waals surface area (Å²) in [6.45, 7) is 4.89. The van der Waals surface area contributed by atoms with E-state index in [0.29, 0.717) is 34.5 Å². The van der Waals surface area contributed by atoms with Crippen LogP contribution in [0.5, 0.6) is 0 Å². The molecule has 2 atom stereocenters. The molecule has 3 aromatic heterocycles. The van der Waals surface area contributed by atoms with Gasteiger partial charge in [-0.2, -0.15) is 5.10 Å². The van der Waals surface area contributed by atoms with Crippen molar-refractivity contribution in [2.24, 2.45) is 0 Å². The predicted molar refractivity (Wildman–Crippen MR) is 140 cm³/mol. The van der Waals surface area contributed by atoms with Crippen molar-refractivity contribution in [2.45, 2.75) is 51.9 Å². The van der Waals surface area contributed by atoms with Gasteiger partial charge in [-0.1, -0.05) is 31.2 Å². The molecule has 0 bridgehead atoms. The summed E-state index contributed by atoms with van der Waals surface area (Å²) in [5.41, 5.74) is 2.98. The third kappa shape index (κ3) is 5.02. The van der Waals surface area contributed by atoms with Crippen LogP contribution in [-0.4, -0.2) is 56.0 Å². The summed E-state index contributed by atoms with van der Waals surface area (Å²) in [5.74, 6) is -0.906. The van der Waals surface area contributed by atoms with E-state index < -0.39 is 12.1 Å². The second-order valence-electron chi connectivity index (χ2n) is 9.25. The summed E-state index contributed by atoms with van der Waals surface area (Å²) in [6, 6.07) is 13.3. The largest absolute Gasteiger partial charge is 0.463 e. The maximum absolute atomic E-state index is 13.7. The summed E-state index contributed by atoms with van der Waals surface area (Å²) in [6.07, 6.45) is 4.08. The van der Waals surface area contributed by atoms with Crippen molar-refractivity contribution in [3.05, 3.63) is 83.6 Å². The molecule has 3 amide bonds.